The van der Waals surface area contributed by atoms with E-state index < -0.39 is 0 Å². The Balaban J connectivity index is 2.28. The first kappa shape index (κ1) is 13.9. The standard InChI is InChI=1S/C11H19N3O2S/c1-3-14(6-7-15)11(16)12-5-4-10-8-17-9(2)13-10/h8,15H,3-7H2,1-2H3,(H,12,16). The number of rotatable bonds is 6. The predicted molar refractivity (Wildman–Crippen MR) is 68.3 cm³/mol. The second kappa shape index (κ2) is 7.24. The Labute approximate surface area is 105 Å². The highest BCUT2D eigenvalue weighted by atomic mass is 32.1. The molecule has 2 N–H and O–H groups in total. The Kier molecular flexibility index (Phi) is 5.93. The van der Waals surface area contributed by atoms with Crippen molar-refractivity contribution in [1.29, 1.82) is 0 Å². The molecule has 0 saturated heterocycles. The van der Waals surface area contributed by atoms with Gasteiger partial charge >= 0.3 is 6.03 Å². The van der Waals surface area contributed by atoms with Gasteiger partial charge in [0.1, 0.15) is 0 Å². The molecular weight excluding hydrogens is 238 g/mol. The summed E-state index contributed by atoms with van der Waals surface area (Å²) >= 11 is 1.61. The van der Waals surface area contributed by atoms with Gasteiger partial charge in [-0.15, -0.1) is 11.3 Å². The van der Waals surface area contributed by atoms with Gasteiger partial charge in [0.25, 0.3) is 0 Å². The van der Waals surface area contributed by atoms with Gasteiger partial charge in [-0.1, -0.05) is 0 Å². The fourth-order valence-electron chi connectivity index (χ4n) is 1.46. The van der Waals surface area contributed by atoms with Gasteiger partial charge in [0.15, 0.2) is 0 Å². The number of carbonyl (C=O) groups is 1. The van der Waals surface area contributed by atoms with Gasteiger partial charge in [-0.25, -0.2) is 9.78 Å². The van der Waals surface area contributed by atoms with E-state index in [1.54, 1.807) is 16.2 Å². The Morgan fingerprint density at radius 2 is 2.41 bits per heavy atom. The van der Waals surface area contributed by atoms with E-state index in [-0.39, 0.29) is 12.6 Å². The number of hydrogen-bond acceptors (Lipinski definition) is 4. The Bertz CT molecular complexity index is 354. The average molecular weight is 257 g/mol. The molecule has 0 unspecified atom stereocenters. The largest absolute Gasteiger partial charge is 0.395 e. The van der Waals surface area contributed by atoms with E-state index >= 15 is 0 Å². The minimum absolute atomic E-state index is 0.00740. The monoisotopic (exact) mass is 257 g/mol. The number of nitrogens with one attached hydrogen (secondary N) is 1. The van der Waals surface area contributed by atoms with Crippen molar-refractivity contribution in [3.05, 3.63) is 16.1 Å². The lowest BCUT2D eigenvalue weighted by Crippen LogP contribution is -2.42. The van der Waals surface area contributed by atoms with Crippen LogP contribution in [0.25, 0.3) is 0 Å². The number of likely N-dealkylation sites (N-methyl/N-ethyl adjacent to an activating group) is 1. The number of urea groups is 1. The summed E-state index contributed by atoms with van der Waals surface area (Å²) < 4.78 is 0. The average Bonchev–Trinajstić information content (AvgIpc) is 2.71. The maximum absolute atomic E-state index is 11.6. The van der Waals surface area contributed by atoms with E-state index in [2.05, 4.69) is 10.3 Å². The number of hydrogen-bond donors (Lipinski definition) is 2. The molecule has 0 fully saturated rings. The fourth-order valence-corrected chi connectivity index (χ4v) is 2.10. The van der Waals surface area contributed by atoms with Gasteiger partial charge in [-0.05, 0) is 13.8 Å². The number of carbonyl (C=O) groups excluding carboxylic acids is 1. The van der Waals surface area contributed by atoms with Crippen LogP contribution in [-0.2, 0) is 6.42 Å². The molecule has 5 nitrogen and oxygen atoms in total. The van der Waals surface area contributed by atoms with Crippen LogP contribution in [0.3, 0.4) is 0 Å². The summed E-state index contributed by atoms with van der Waals surface area (Å²) in [5.41, 5.74) is 1.01. The van der Waals surface area contributed by atoms with Crippen LogP contribution in [0.5, 0.6) is 0 Å². The molecule has 0 radical (unpaired) electrons. The maximum atomic E-state index is 11.6. The molecule has 1 heterocycles. The molecule has 0 aromatic carbocycles. The molecule has 0 aliphatic rings. The van der Waals surface area contributed by atoms with Crippen LogP contribution < -0.4 is 5.32 Å². The molecule has 1 rings (SSSR count). The first-order chi connectivity index (χ1) is 8.17. The highest BCUT2D eigenvalue weighted by Crippen LogP contribution is 2.07. The van der Waals surface area contributed by atoms with E-state index in [1.165, 1.54) is 0 Å². The minimum atomic E-state index is -0.131. The molecule has 0 atom stereocenters. The van der Waals surface area contributed by atoms with E-state index in [0.717, 1.165) is 17.1 Å². The van der Waals surface area contributed by atoms with Crippen molar-refractivity contribution in [2.24, 2.45) is 0 Å². The number of aromatic nitrogens is 1. The predicted octanol–water partition coefficient (Wildman–Crippen LogP) is 1.02. The van der Waals surface area contributed by atoms with Crippen molar-refractivity contribution in [2.45, 2.75) is 20.3 Å². The highest BCUT2D eigenvalue weighted by Gasteiger charge is 2.09. The lowest BCUT2D eigenvalue weighted by molar-refractivity contribution is 0.180. The second-order valence-corrected chi connectivity index (χ2v) is 4.71. The summed E-state index contributed by atoms with van der Waals surface area (Å²) in [5, 5.41) is 14.7. The van der Waals surface area contributed by atoms with Crippen LogP contribution in [0.4, 0.5) is 4.79 Å². The molecule has 0 spiro atoms. The van der Waals surface area contributed by atoms with E-state index in [1.807, 2.05) is 19.2 Å². The topological polar surface area (TPSA) is 65.5 Å². The number of thiazole rings is 1. The number of aliphatic hydroxyl groups is 1. The normalized spacial score (nSPS) is 10.3. The van der Waals surface area contributed by atoms with Crippen LogP contribution in [0.2, 0.25) is 0 Å². The summed E-state index contributed by atoms with van der Waals surface area (Å²) in [6.45, 7) is 5.39. The van der Waals surface area contributed by atoms with Crippen LogP contribution >= 0.6 is 11.3 Å². The van der Waals surface area contributed by atoms with Crippen molar-refractivity contribution in [2.75, 3.05) is 26.2 Å². The third-order valence-corrected chi connectivity index (χ3v) is 3.19. The van der Waals surface area contributed by atoms with E-state index in [9.17, 15) is 4.79 Å². The first-order valence-electron chi connectivity index (χ1n) is 5.72. The third kappa shape index (κ3) is 4.70. The van der Waals surface area contributed by atoms with Gasteiger partial charge in [0.05, 0.1) is 17.3 Å². The summed E-state index contributed by atoms with van der Waals surface area (Å²) in [7, 11) is 0. The summed E-state index contributed by atoms with van der Waals surface area (Å²) in [4.78, 5) is 17.5. The lowest BCUT2D eigenvalue weighted by atomic mass is 10.3. The van der Waals surface area contributed by atoms with E-state index in [0.29, 0.717) is 19.6 Å². The van der Waals surface area contributed by atoms with Gasteiger partial charge in [-0.2, -0.15) is 0 Å². The zero-order chi connectivity index (χ0) is 12.7. The Morgan fingerprint density at radius 3 is 2.94 bits per heavy atom. The molecule has 0 bridgehead atoms. The summed E-state index contributed by atoms with van der Waals surface area (Å²) in [6, 6.07) is -0.131. The minimum Gasteiger partial charge on any atom is -0.395 e. The molecule has 2 amide bonds. The molecular formula is C11H19N3O2S. The SMILES string of the molecule is CCN(CCO)C(=O)NCCc1csc(C)n1. The zero-order valence-corrected chi connectivity index (χ0v) is 11.1. The van der Waals surface area contributed by atoms with Crippen LogP contribution in [-0.4, -0.2) is 47.3 Å². The first-order valence-corrected chi connectivity index (χ1v) is 6.60. The molecule has 0 saturated carbocycles. The summed E-state index contributed by atoms with van der Waals surface area (Å²) in [6.07, 6.45) is 0.743. The number of aliphatic hydroxyl groups excluding tert-OH is 1. The second-order valence-electron chi connectivity index (χ2n) is 3.64. The van der Waals surface area contributed by atoms with Crippen LogP contribution in [0, 0.1) is 6.92 Å². The van der Waals surface area contributed by atoms with Gasteiger partial charge in [0.2, 0.25) is 0 Å². The molecule has 0 aliphatic heterocycles. The molecule has 1 aromatic heterocycles. The maximum Gasteiger partial charge on any atom is 0.317 e. The van der Waals surface area contributed by atoms with Gasteiger partial charge in [0, 0.05) is 31.4 Å². The van der Waals surface area contributed by atoms with Crippen molar-refractivity contribution in [1.82, 2.24) is 15.2 Å². The fraction of sp³-hybridized carbons (Fsp3) is 0.636. The van der Waals surface area contributed by atoms with Crippen molar-refractivity contribution in [3.63, 3.8) is 0 Å². The van der Waals surface area contributed by atoms with Crippen molar-refractivity contribution in [3.8, 4) is 0 Å². The third-order valence-electron chi connectivity index (χ3n) is 2.36. The summed E-state index contributed by atoms with van der Waals surface area (Å²) in [5.74, 6) is 0. The van der Waals surface area contributed by atoms with Gasteiger partial charge < -0.3 is 15.3 Å². The van der Waals surface area contributed by atoms with Crippen LogP contribution in [0.15, 0.2) is 5.38 Å². The molecule has 96 valence electrons. The van der Waals surface area contributed by atoms with Gasteiger partial charge in [-0.3, -0.25) is 0 Å². The smallest absolute Gasteiger partial charge is 0.317 e. The van der Waals surface area contributed by atoms with Crippen LogP contribution in [0.1, 0.15) is 17.6 Å². The zero-order valence-electron chi connectivity index (χ0n) is 10.3. The lowest BCUT2D eigenvalue weighted by Gasteiger charge is -2.19. The Hall–Kier alpha value is -1.14. The van der Waals surface area contributed by atoms with Crippen molar-refractivity contribution >= 4 is 17.4 Å². The quantitative estimate of drug-likeness (QED) is 0.799. The van der Waals surface area contributed by atoms with E-state index in [4.69, 9.17) is 5.11 Å². The Morgan fingerprint density at radius 1 is 1.65 bits per heavy atom. The highest BCUT2D eigenvalue weighted by molar-refractivity contribution is 7.09. The molecule has 0 aliphatic carbocycles. The number of nitrogens with zero attached hydrogens (tertiary/aromatic N) is 2. The number of aryl methyl sites for hydroxylation is 1. The number of amides is 2. The molecule has 17 heavy (non-hydrogen) atoms. The molecule has 1 aromatic rings. The molecule has 6 heteroatoms. The van der Waals surface area contributed by atoms with Crippen molar-refractivity contribution < 1.29 is 9.90 Å².